The summed E-state index contributed by atoms with van der Waals surface area (Å²) in [6.45, 7) is 2.49. The molecule has 0 unspecified atom stereocenters. The summed E-state index contributed by atoms with van der Waals surface area (Å²) in [5, 5.41) is 8.45. The third kappa shape index (κ3) is 3.26. The molecular weight excluding hydrogens is 172 g/mol. The molecule has 0 fully saturated rings. The van der Waals surface area contributed by atoms with Crippen molar-refractivity contribution >= 4 is 12.0 Å². The highest BCUT2D eigenvalue weighted by Gasteiger charge is 1.92. The Balaban J connectivity index is 2.37. The molecular formula is C9H12O2S. The van der Waals surface area contributed by atoms with E-state index in [2.05, 4.69) is 0 Å². The summed E-state index contributed by atoms with van der Waals surface area (Å²) >= 11 is 1.29. The summed E-state index contributed by atoms with van der Waals surface area (Å²) in [4.78, 5) is 1.06. The summed E-state index contributed by atoms with van der Waals surface area (Å²) in [6, 6.07) is 8.06. The van der Waals surface area contributed by atoms with Gasteiger partial charge in [-0.2, -0.15) is 0 Å². The normalized spacial score (nSPS) is 10.2. The van der Waals surface area contributed by atoms with E-state index in [-0.39, 0.29) is 6.61 Å². The van der Waals surface area contributed by atoms with Crippen LogP contribution in [0, 0.1) is 6.92 Å². The number of benzene rings is 1. The largest absolute Gasteiger partial charge is 0.394 e. The van der Waals surface area contributed by atoms with E-state index in [0.29, 0.717) is 6.61 Å². The molecule has 0 saturated heterocycles. The zero-order valence-corrected chi connectivity index (χ0v) is 7.80. The Morgan fingerprint density at radius 3 is 2.58 bits per heavy atom. The SMILES string of the molecule is Cc1ccc(SOCCO)cc1. The first-order chi connectivity index (χ1) is 5.83. The molecule has 0 spiro atoms. The van der Waals surface area contributed by atoms with E-state index < -0.39 is 0 Å². The molecule has 0 heterocycles. The van der Waals surface area contributed by atoms with E-state index in [4.69, 9.17) is 9.29 Å². The summed E-state index contributed by atoms with van der Waals surface area (Å²) in [5.41, 5.74) is 1.24. The molecule has 1 rings (SSSR count). The van der Waals surface area contributed by atoms with Gasteiger partial charge in [-0.3, -0.25) is 0 Å². The zero-order chi connectivity index (χ0) is 8.81. The molecule has 66 valence electrons. The van der Waals surface area contributed by atoms with Gasteiger partial charge >= 0.3 is 0 Å². The summed E-state index contributed by atoms with van der Waals surface area (Å²) in [5.74, 6) is 0. The first-order valence-corrected chi connectivity index (χ1v) is 4.54. The minimum absolute atomic E-state index is 0.0683. The third-order valence-electron chi connectivity index (χ3n) is 1.35. The second kappa shape index (κ2) is 5.19. The van der Waals surface area contributed by atoms with Crippen LogP contribution < -0.4 is 0 Å². The fourth-order valence-electron chi connectivity index (χ4n) is 0.741. The van der Waals surface area contributed by atoms with Crippen molar-refractivity contribution < 1.29 is 9.29 Å². The molecule has 3 heteroatoms. The molecule has 12 heavy (non-hydrogen) atoms. The predicted molar refractivity (Wildman–Crippen MR) is 50.1 cm³/mol. The van der Waals surface area contributed by atoms with Crippen molar-refractivity contribution in [2.24, 2.45) is 0 Å². The van der Waals surface area contributed by atoms with Crippen LogP contribution in [0.25, 0.3) is 0 Å². The number of rotatable bonds is 4. The molecule has 0 aliphatic heterocycles. The quantitative estimate of drug-likeness (QED) is 0.573. The first-order valence-electron chi connectivity index (χ1n) is 3.80. The minimum atomic E-state index is 0.0683. The van der Waals surface area contributed by atoms with Crippen LogP contribution in [-0.4, -0.2) is 18.3 Å². The average Bonchev–Trinajstić information content (AvgIpc) is 2.09. The minimum Gasteiger partial charge on any atom is -0.394 e. The van der Waals surface area contributed by atoms with Gasteiger partial charge in [-0.15, -0.1) is 0 Å². The zero-order valence-electron chi connectivity index (χ0n) is 6.99. The van der Waals surface area contributed by atoms with E-state index in [0.717, 1.165) is 4.90 Å². The molecule has 0 atom stereocenters. The van der Waals surface area contributed by atoms with E-state index >= 15 is 0 Å². The summed E-state index contributed by atoms with van der Waals surface area (Å²) in [6.07, 6.45) is 0. The smallest absolute Gasteiger partial charge is 0.0849 e. The topological polar surface area (TPSA) is 29.5 Å². The molecule has 1 aromatic carbocycles. The second-order valence-electron chi connectivity index (χ2n) is 2.44. The van der Waals surface area contributed by atoms with Gasteiger partial charge in [-0.25, -0.2) is 0 Å². The van der Waals surface area contributed by atoms with Gasteiger partial charge in [0.1, 0.15) is 0 Å². The maximum absolute atomic E-state index is 8.45. The Hall–Kier alpha value is -0.510. The Morgan fingerprint density at radius 1 is 1.33 bits per heavy atom. The van der Waals surface area contributed by atoms with Crippen LogP contribution >= 0.6 is 12.0 Å². The van der Waals surface area contributed by atoms with Gasteiger partial charge in [0.15, 0.2) is 0 Å². The van der Waals surface area contributed by atoms with Crippen LogP contribution in [0.5, 0.6) is 0 Å². The van der Waals surface area contributed by atoms with Crippen LogP contribution in [0.3, 0.4) is 0 Å². The number of hydrogen-bond donors (Lipinski definition) is 1. The van der Waals surface area contributed by atoms with Gasteiger partial charge in [0.2, 0.25) is 0 Å². The monoisotopic (exact) mass is 184 g/mol. The lowest BCUT2D eigenvalue weighted by molar-refractivity contribution is 0.221. The van der Waals surface area contributed by atoms with Crippen molar-refractivity contribution in [3.05, 3.63) is 29.8 Å². The highest BCUT2D eigenvalue weighted by Crippen LogP contribution is 2.18. The van der Waals surface area contributed by atoms with Gasteiger partial charge in [0.05, 0.1) is 13.2 Å². The van der Waals surface area contributed by atoms with E-state index in [9.17, 15) is 0 Å². The van der Waals surface area contributed by atoms with Crippen LogP contribution in [0.4, 0.5) is 0 Å². The van der Waals surface area contributed by atoms with Crippen LogP contribution in [0.2, 0.25) is 0 Å². The molecule has 0 aliphatic rings. The van der Waals surface area contributed by atoms with Gasteiger partial charge in [-0.05, 0) is 19.1 Å². The molecule has 1 N–H and O–H groups in total. The number of hydrogen-bond acceptors (Lipinski definition) is 3. The van der Waals surface area contributed by atoms with Crippen LogP contribution in [0.15, 0.2) is 29.2 Å². The lowest BCUT2D eigenvalue weighted by atomic mass is 10.2. The maximum atomic E-state index is 8.45. The van der Waals surface area contributed by atoms with Crippen molar-refractivity contribution in [3.63, 3.8) is 0 Å². The maximum Gasteiger partial charge on any atom is 0.0849 e. The molecule has 0 amide bonds. The molecule has 2 nitrogen and oxygen atoms in total. The van der Waals surface area contributed by atoms with Crippen LogP contribution in [-0.2, 0) is 4.18 Å². The standard InChI is InChI=1S/C9H12O2S/c1-8-2-4-9(5-3-8)12-11-7-6-10/h2-5,10H,6-7H2,1H3. The summed E-state index contributed by atoms with van der Waals surface area (Å²) in [7, 11) is 0. The van der Waals surface area contributed by atoms with Gasteiger partial charge in [0, 0.05) is 16.9 Å². The van der Waals surface area contributed by atoms with Gasteiger partial charge in [0.25, 0.3) is 0 Å². The van der Waals surface area contributed by atoms with E-state index in [1.165, 1.54) is 17.6 Å². The van der Waals surface area contributed by atoms with Gasteiger partial charge < -0.3 is 9.29 Å². The molecule has 0 aromatic heterocycles. The van der Waals surface area contributed by atoms with Crippen molar-refractivity contribution in [2.45, 2.75) is 11.8 Å². The van der Waals surface area contributed by atoms with E-state index in [1.54, 1.807) is 0 Å². The summed E-state index contributed by atoms with van der Waals surface area (Å²) < 4.78 is 5.08. The number of aliphatic hydroxyl groups is 1. The highest BCUT2D eigenvalue weighted by molar-refractivity contribution is 7.94. The fraction of sp³-hybridized carbons (Fsp3) is 0.333. The third-order valence-corrected chi connectivity index (χ3v) is 2.10. The lowest BCUT2D eigenvalue weighted by Crippen LogP contribution is -1.91. The van der Waals surface area contributed by atoms with E-state index in [1.807, 2.05) is 31.2 Å². The molecule has 0 bridgehead atoms. The van der Waals surface area contributed by atoms with Crippen molar-refractivity contribution in [1.29, 1.82) is 0 Å². The van der Waals surface area contributed by atoms with Gasteiger partial charge in [-0.1, -0.05) is 17.7 Å². The number of aryl methyl sites for hydroxylation is 1. The Kier molecular flexibility index (Phi) is 4.14. The fourth-order valence-corrected chi connectivity index (χ4v) is 1.28. The van der Waals surface area contributed by atoms with Crippen LogP contribution in [0.1, 0.15) is 5.56 Å². The number of aliphatic hydroxyl groups excluding tert-OH is 1. The van der Waals surface area contributed by atoms with Crippen molar-refractivity contribution in [2.75, 3.05) is 13.2 Å². The Morgan fingerprint density at radius 2 is 2.00 bits per heavy atom. The Bertz CT molecular complexity index is 220. The average molecular weight is 184 g/mol. The van der Waals surface area contributed by atoms with Crippen molar-refractivity contribution in [1.82, 2.24) is 0 Å². The molecule has 1 aromatic rings. The molecule has 0 radical (unpaired) electrons. The first kappa shape index (κ1) is 9.58. The molecule has 0 aliphatic carbocycles. The Labute approximate surface area is 76.8 Å². The predicted octanol–water partition coefficient (Wildman–Crippen LogP) is 2.01. The van der Waals surface area contributed by atoms with Crippen molar-refractivity contribution in [3.8, 4) is 0 Å². The molecule has 0 saturated carbocycles. The second-order valence-corrected chi connectivity index (χ2v) is 3.32. The highest BCUT2D eigenvalue weighted by atomic mass is 32.2. The lowest BCUT2D eigenvalue weighted by Gasteiger charge is -2.00.